The van der Waals surface area contributed by atoms with E-state index in [1.165, 1.54) is 38.5 Å². The summed E-state index contributed by atoms with van der Waals surface area (Å²) in [6.07, 6.45) is 9.45. The van der Waals surface area contributed by atoms with Gasteiger partial charge in [-0.05, 0) is 51.6 Å². The van der Waals surface area contributed by atoms with Crippen LogP contribution in [0, 0.1) is 5.92 Å². The van der Waals surface area contributed by atoms with Gasteiger partial charge in [-0.25, -0.2) is 0 Å². The third kappa shape index (κ3) is 3.25. The second kappa shape index (κ2) is 6.88. The van der Waals surface area contributed by atoms with Crippen LogP contribution in [0.15, 0.2) is 0 Å². The topological polar surface area (TPSA) is 38.5 Å². The Bertz CT molecular complexity index is 247. The molecule has 1 saturated carbocycles. The van der Waals surface area contributed by atoms with E-state index in [2.05, 4.69) is 18.9 Å². The van der Waals surface area contributed by atoms with Crippen LogP contribution in [-0.4, -0.2) is 43.3 Å². The van der Waals surface area contributed by atoms with E-state index >= 15 is 0 Å². The van der Waals surface area contributed by atoms with E-state index < -0.39 is 0 Å². The van der Waals surface area contributed by atoms with Crippen molar-refractivity contribution < 1.29 is 4.74 Å². The summed E-state index contributed by atoms with van der Waals surface area (Å²) in [6, 6.07) is 1.42. The Hall–Kier alpha value is -0.120. The van der Waals surface area contributed by atoms with Gasteiger partial charge in [-0.3, -0.25) is 4.90 Å². The molecule has 0 aromatic rings. The summed E-state index contributed by atoms with van der Waals surface area (Å²) in [7, 11) is 2.32. The largest absolute Gasteiger partial charge is 0.378 e. The number of hydrogen-bond donors (Lipinski definition) is 1. The van der Waals surface area contributed by atoms with Crippen LogP contribution in [0.3, 0.4) is 0 Å². The lowest BCUT2D eigenvalue weighted by molar-refractivity contribution is -0.0403. The number of nitrogens with two attached hydrogens (primary N) is 1. The summed E-state index contributed by atoms with van der Waals surface area (Å²) in [5.74, 6) is 0.715. The van der Waals surface area contributed by atoms with E-state index in [1.807, 2.05) is 0 Å². The molecule has 0 spiro atoms. The highest BCUT2D eigenvalue weighted by Gasteiger charge is 2.33. The molecule has 4 atom stereocenters. The van der Waals surface area contributed by atoms with Gasteiger partial charge < -0.3 is 10.5 Å². The molecule has 106 valence electrons. The average Bonchev–Trinajstić information content (AvgIpc) is 2.46. The Kier molecular flexibility index (Phi) is 5.46. The van der Waals surface area contributed by atoms with Crippen molar-refractivity contribution in [1.82, 2.24) is 4.90 Å². The molecule has 0 amide bonds. The van der Waals surface area contributed by atoms with Crippen LogP contribution < -0.4 is 5.73 Å². The number of ether oxygens (including phenoxy) is 1. The Labute approximate surface area is 112 Å². The molecule has 0 aromatic carbocycles. The summed E-state index contributed by atoms with van der Waals surface area (Å²) in [5.41, 5.74) is 5.96. The maximum Gasteiger partial charge on any atom is 0.0587 e. The van der Waals surface area contributed by atoms with Gasteiger partial charge >= 0.3 is 0 Å². The zero-order valence-electron chi connectivity index (χ0n) is 12.1. The number of nitrogens with zero attached hydrogens (tertiary/aromatic N) is 1. The first kappa shape index (κ1) is 14.3. The van der Waals surface area contributed by atoms with Crippen molar-refractivity contribution >= 4 is 0 Å². The average molecular weight is 254 g/mol. The van der Waals surface area contributed by atoms with Crippen LogP contribution in [0.5, 0.6) is 0 Å². The first-order valence-electron chi connectivity index (χ1n) is 7.79. The molecule has 2 fully saturated rings. The standard InChI is InChI=1S/C15H30N2O/c1-3-14-10-13(8-9-18-14)17(2)15-7-5-4-6-12(15)11-16/h12-15H,3-11,16H2,1-2H3. The minimum Gasteiger partial charge on any atom is -0.378 e. The summed E-state index contributed by atoms with van der Waals surface area (Å²) in [6.45, 7) is 4.03. The highest BCUT2D eigenvalue weighted by atomic mass is 16.5. The lowest BCUT2D eigenvalue weighted by Crippen LogP contribution is -2.50. The Morgan fingerprint density at radius 1 is 1.22 bits per heavy atom. The molecule has 0 aromatic heterocycles. The summed E-state index contributed by atoms with van der Waals surface area (Å²) < 4.78 is 5.80. The van der Waals surface area contributed by atoms with Crippen LogP contribution in [-0.2, 0) is 4.74 Å². The van der Waals surface area contributed by atoms with E-state index in [0.29, 0.717) is 24.1 Å². The quantitative estimate of drug-likeness (QED) is 0.837. The molecule has 4 unspecified atom stereocenters. The third-order valence-corrected chi connectivity index (χ3v) is 5.07. The summed E-state index contributed by atoms with van der Waals surface area (Å²) in [4.78, 5) is 2.64. The fourth-order valence-corrected chi connectivity index (χ4v) is 3.78. The van der Waals surface area contributed by atoms with Gasteiger partial charge in [0.25, 0.3) is 0 Å². The summed E-state index contributed by atoms with van der Waals surface area (Å²) >= 11 is 0. The van der Waals surface area contributed by atoms with Gasteiger partial charge in [0.2, 0.25) is 0 Å². The molecule has 1 aliphatic heterocycles. The van der Waals surface area contributed by atoms with E-state index in [4.69, 9.17) is 10.5 Å². The van der Waals surface area contributed by atoms with Crippen molar-refractivity contribution in [2.24, 2.45) is 11.7 Å². The number of rotatable bonds is 4. The highest BCUT2D eigenvalue weighted by molar-refractivity contribution is 4.88. The molecule has 0 bridgehead atoms. The van der Waals surface area contributed by atoms with Crippen molar-refractivity contribution in [1.29, 1.82) is 0 Å². The van der Waals surface area contributed by atoms with E-state index in [9.17, 15) is 0 Å². The molecule has 18 heavy (non-hydrogen) atoms. The maximum absolute atomic E-state index is 5.96. The van der Waals surface area contributed by atoms with Gasteiger partial charge in [0.15, 0.2) is 0 Å². The molecular weight excluding hydrogens is 224 g/mol. The van der Waals surface area contributed by atoms with Gasteiger partial charge in [-0.15, -0.1) is 0 Å². The Morgan fingerprint density at radius 3 is 2.72 bits per heavy atom. The van der Waals surface area contributed by atoms with E-state index in [0.717, 1.165) is 19.6 Å². The van der Waals surface area contributed by atoms with Crippen LogP contribution in [0.25, 0.3) is 0 Å². The molecule has 2 rings (SSSR count). The second-order valence-electron chi connectivity index (χ2n) is 6.09. The lowest BCUT2D eigenvalue weighted by Gasteiger charge is -2.44. The molecule has 3 nitrogen and oxygen atoms in total. The molecule has 1 saturated heterocycles. The lowest BCUT2D eigenvalue weighted by atomic mass is 9.82. The zero-order chi connectivity index (χ0) is 13.0. The van der Waals surface area contributed by atoms with E-state index in [1.54, 1.807) is 0 Å². The van der Waals surface area contributed by atoms with Gasteiger partial charge in [-0.2, -0.15) is 0 Å². The van der Waals surface area contributed by atoms with Crippen LogP contribution in [0.2, 0.25) is 0 Å². The second-order valence-corrected chi connectivity index (χ2v) is 6.09. The van der Waals surface area contributed by atoms with Gasteiger partial charge in [0.1, 0.15) is 0 Å². The van der Waals surface area contributed by atoms with Gasteiger partial charge in [0.05, 0.1) is 6.10 Å². The van der Waals surface area contributed by atoms with E-state index in [-0.39, 0.29) is 0 Å². The molecule has 0 radical (unpaired) electrons. The predicted octanol–water partition coefficient (Wildman–Crippen LogP) is 2.39. The van der Waals surface area contributed by atoms with Crippen LogP contribution >= 0.6 is 0 Å². The number of hydrogen-bond acceptors (Lipinski definition) is 3. The molecule has 3 heteroatoms. The molecule has 1 heterocycles. The normalized spacial score (nSPS) is 38.0. The van der Waals surface area contributed by atoms with Crippen molar-refractivity contribution in [2.45, 2.75) is 70.1 Å². The monoisotopic (exact) mass is 254 g/mol. The smallest absolute Gasteiger partial charge is 0.0587 e. The zero-order valence-corrected chi connectivity index (χ0v) is 12.1. The fraction of sp³-hybridized carbons (Fsp3) is 1.00. The Balaban J connectivity index is 1.93. The Morgan fingerprint density at radius 2 is 2.00 bits per heavy atom. The first-order chi connectivity index (χ1) is 8.76. The third-order valence-electron chi connectivity index (χ3n) is 5.07. The SMILES string of the molecule is CCC1CC(N(C)C2CCCCC2CN)CCO1. The fourth-order valence-electron chi connectivity index (χ4n) is 3.78. The van der Waals surface area contributed by atoms with Crippen molar-refractivity contribution in [3.63, 3.8) is 0 Å². The predicted molar refractivity (Wildman–Crippen MR) is 75.6 cm³/mol. The van der Waals surface area contributed by atoms with Crippen molar-refractivity contribution in [3.05, 3.63) is 0 Å². The van der Waals surface area contributed by atoms with Gasteiger partial charge in [-0.1, -0.05) is 19.8 Å². The minimum atomic E-state index is 0.478. The summed E-state index contributed by atoms with van der Waals surface area (Å²) in [5, 5.41) is 0. The van der Waals surface area contributed by atoms with Crippen molar-refractivity contribution in [2.75, 3.05) is 20.2 Å². The van der Waals surface area contributed by atoms with Crippen LogP contribution in [0.4, 0.5) is 0 Å². The van der Waals surface area contributed by atoms with Crippen LogP contribution in [0.1, 0.15) is 51.9 Å². The molecular formula is C15H30N2O. The molecule has 2 N–H and O–H groups in total. The maximum atomic E-state index is 5.96. The molecule has 2 aliphatic rings. The first-order valence-corrected chi connectivity index (χ1v) is 7.79. The molecule has 1 aliphatic carbocycles. The van der Waals surface area contributed by atoms with Gasteiger partial charge in [0, 0.05) is 18.7 Å². The highest BCUT2D eigenvalue weighted by Crippen LogP contribution is 2.31. The minimum absolute atomic E-state index is 0.478. The van der Waals surface area contributed by atoms with Crippen molar-refractivity contribution in [3.8, 4) is 0 Å².